The van der Waals surface area contributed by atoms with E-state index in [0.717, 1.165) is 5.56 Å². The lowest BCUT2D eigenvalue weighted by molar-refractivity contribution is -0.0864. The van der Waals surface area contributed by atoms with Gasteiger partial charge in [0.2, 0.25) is 0 Å². The van der Waals surface area contributed by atoms with Gasteiger partial charge in [-0.3, -0.25) is 0 Å². The van der Waals surface area contributed by atoms with Crippen molar-refractivity contribution < 1.29 is 9.47 Å². The summed E-state index contributed by atoms with van der Waals surface area (Å²) in [7, 11) is 0. The van der Waals surface area contributed by atoms with Crippen LogP contribution in [0, 0.1) is 0 Å². The zero-order valence-corrected chi connectivity index (χ0v) is 12.0. The van der Waals surface area contributed by atoms with Crippen molar-refractivity contribution in [2.45, 2.75) is 12.6 Å². The summed E-state index contributed by atoms with van der Waals surface area (Å²) >= 11 is 18.1. The van der Waals surface area contributed by atoms with Gasteiger partial charge in [0, 0.05) is 23.7 Å². The summed E-state index contributed by atoms with van der Waals surface area (Å²) in [5, 5.41) is 4.86. The monoisotopic (exact) mass is 309 g/mol. The molecule has 0 radical (unpaired) electrons. The van der Waals surface area contributed by atoms with Crippen molar-refractivity contribution in [3.63, 3.8) is 0 Å². The predicted molar refractivity (Wildman–Crippen MR) is 73.7 cm³/mol. The van der Waals surface area contributed by atoms with E-state index in [9.17, 15) is 0 Å². The molecule has 0 saturated carbocycles. The predicted octanol–water partition coefficient (Wildman–Crippen LogP) is 3.15. The Morgan fingerprint density at radius 3 is 2.67 bits per heavy atom. The maximum Gasteiger partial charge on any atom is 0.0933 e. The van der Waals surface area contributed by atoms with Crippen LogP contribution in [0.2, 0.25) is 15.1 Å². The largest absolute Gasteiger partial charge is 0.376 e. The second-order valence-electron chi connectivity index (χ2n) is 4.02. The van der Waals surface area contributed by atoms with Crippen LogP contribution in [-0.2, 0) is 16.0 Å². The van der Waals surface area contributed by atoms with Crippen molar-refractivity contribution in [1.29, 1.82) is 0 Å². The van der Waals surface area contributed by atoms with Crippen molar-refractivity contribution in [1.82, 2.24) is 5.32 Å². The molecule has 1 aliphatic rings. The van der Waals surface area contributed by atoms with Gasteiger partial charge in [-0.2, -0.15) is 0 Å². The van der Waals surface area contributed by atoms with Gasteiger partial charge in [-0.15, -0.1) is 0 Å². The van der Waals surface area contributed by atoms with Crippen molar-refractivity contribution >= 4 is 34.8 Å². The molecule has 1 N–H and O–H groups in total. The summed E-state index contributed by atoms with van der Waals surface area (Å²) in [5.41, 5.74) is 0.808. The number of hydrogen-bond acceptors (Lipinski definition) is 3. The molecule has 3 nitrogen and oxygen atoms in total. The Balaban J connectivity index is 1.88. The molecule has 1 fully saturated rings. The summed E-state index contributed by atoms with van der Waals surface area (Å²) in [6.45, 7) is 3.18. The summed E-state index contributed by atoms with van der Waals surface area (Å²) in [6, 6.07) is 3.43. The number of halogens is 3. The molecule has 100 valence electrons. The van der Waals surface area contributed by atoms with Crippen LogP contribution in [0.1, 0.15) is 5.56 Å². The average Bonchev–Trinajstić information content (AvgIpc) is 2.39. The van der Waals surface area contributed by atoms with Crippen LogP contribution in [0.3, 0.4) is 0 Å². The van der Waals surface area contributed by atoms with Crippen LogP contribution < -0.4 is 5.32 Å². The fraction of sp³-hybridized carbons (Fsp3) is 0.500. The first-order valence-corrected chi connectivity index (χ1v) is 6.84. The van der Waals surface area contributed by atoms with Gasteiger partial charge >= 0.3 is 0 Å². The van der Waals surface area contributed by atoms with Crippen molar-refractivity contribution in [3.8, 4) is 0 Å². The zero-order chi connectivity index (χ0) is 13.0. The smallest absolute Gasteiger partial charge is 0.0933 e. The number of rotatable bonds is 4. The summed E-state index contributed by atoms with van der Waals surface area (Å²) in [6.07, 6.45) is 0.0792. The molecule has 0 bridgehead atoms. The minimum absolute atomic E-state index is 0.0792. The van der Waals surface area contributed by atoms with Gasteiger partial charge in [0.25, 0.3) is 0 Å². The molecule has 1 heterocycles. The van der Waals surface area contributed by atoms with E-state index < -0.39 is 0 Å². The van der Waals surface area contributed by atoms with Gasteiger partial charge in [-0.05, 0) is 12.1 Å². The van der Waals surface area contributed by atoms with Crippen LogP contribution in [0.4, 0.5) is 0 Å². The third-order valence-electron chi connectivity index (χ3n) is 2.70. The molecule has 2 rings (SSSR count). The molecule has 0 aliphatic carbocycles. The summed E-state index contributed by atoms with van der Waals surface area (Å²) in [5.74, 6) is 0. The lowest BCUT2D eigenvalue weighted by Gasteiger charge is -2.23. The van der Waals surface area contributed by atoms with E-state index in [1.807, 2.05) is 0 Å². The molecule has 0 spiro atoms. The Morgan fingerprint density at radius 1 is 1.17 bits per heavy atom. The van der Waals surface area contributed by atoms with Gasteiger partial charge in [0.05, 0.1) is 36.0 Å². The molecular weight excluding hydrogens is 296 g/mol. The fourth-order valence-corrected chi connectivity index (χ4v) is 2.43. The molecular formula is C12H14Cl3NO2. The van der Waals surface area contributed by atoms with Crippen molar-refractivity contribution in [2.75, 3.05) is 26.4 Å². The zero-order valence-electron chi connectivity index (χ0n) is 9.72. The molecule has 0 amide bonds. The quantitative estimate of drug-likeness (QED) is 0.867. The lowest BCUT2D eigenvalue weighted by Crippen LogP contribution is -2.37. The normalized spacial score (nSPS) is 20.1. The van der Waals surface area contributed by atoms with E-state index in [4.69, 9.17) is 44.3 Å². The van der Waals surface area contributed by atoms with Gasteiger partial charge in [0.1, 0.15) is 0 Å². The van der Waals surface area contributed by atoms with Gasteiger partial charge in [-0.1, -0.05) is 34.8 Å². The Hall–Kier alpha value is -0.0300. The van der Waals surface area contributed by atoms with Gasteiger partial charge < -0.3 is 14.8 Å². The van der Waals surface area contributed by atoms with E-state index in [2.05, 4.69) is 5.32 Å². The highest BCUT2D eigenvalue weighted by Crippen LogP contribution is 2.31. The maximum atomic E-state index is 6.11. The first-order valence-electron chi connectivity index (χ1n) is 5.71. The minimum Gasteiger partial charge on any atom is -0.376 e. The Morgan fingerprint density at radius 2 is 1.94 bits per heavy atom. The second kappa shape index (κ2) is 6.94. The molecule has 0 aromatic heterocycles. The number of benzene rings is 1. The standard InChI is InChI=1S/C12H14Cl3NO2/c13-10-1-2-11(14)12(15)9(10)6-16-5-8-7-17-3-4-18-8/h1-2,8,16H,3-7H2. The molecule has 1 aromatic carbocycles. The van der Waals surface area contributed by atoms with E-state index >= 15 is 0 Å². The minimum atomic E-state index is 0.0792. The van der Waals surface area contributed by atoms with Crippen molar-refractivity contribution in [3.05, 3.63) is 32.8 Å². The lowest BCUT2D eigenvalue weighted by atomic mass is 10.2. The highest BCUT2D eigenvalue weighted by Gasteiger charge is 2.15. The summed E-state index contributed by atoms with van der Waals surface area (Å²) in [4.78, 5) is 0. The van der Waals surface area contributed by atoms with Crippen molar-refractivity contribution in [2.24, 2.45) is 0 Å². The van der Waals surface area contributed by atoms with Crippen LogP contribution in [0.15, 0.2) is 12.1 Å². The first kappa shape index (κ1) is 14.4. The third-order valence-corrected chi connectivity index (χ3v) is 3.90. The average molecular weight is 311 g/mol. The van der Waals surface area contributed by atoms with Crippen LogP contribution in [0.25, 0.3) is 0 Å². The molecule has 6 heteroatoms. The fourth-order valence-electron chi connectivity index (χ4n) is 1.74. The van der Waals surface area contributed by atoms with E-state index in [1.165, 1.54) is 0 Å². The Labute approximate surface area is 121 Å². The summed E-state index contributed by atoms with van der Waals surface area (Å²) < 4.78 is 10.8. The second-order valence-corrected chi connectivity index (χ2v) is 5.21. The Kier molecular flexibility index (Phi) is 5.55. The number of ether oxygens (including phenoxy) is 2. The molecule has 1 aromatic rings. The SMILES string of the molecule is Clc1ccc(Cl)c(CNCC2COCCO2)c1Cl. The van der Waals surface area contributed by atoms with Crippen LogP contribution in [0.5, 0.6) is 0 Å². The molecule has 1 saturated heterocycles. The number of hydrogen-bond donors (Lipinski definition) is 1. The molecule has 1 atom stereocenters. The third kappa shape index (κ3) is 3.73. The van der Waals surface area contributed by atoms with E-state index in [0.29, 0.717) is 48.0 Å². The Bertz CT molecular complexity index is 409. The van der Waals surface area contributed by atoms with Gasteiger partial charge in [0.15, 0.2) is 0 Å². The maximum absolute atomic E-state index is 6.11. The first-order chi connectivity index (χ1) is 8.68. The number of nitrogens with one attached hydrogen (secondary N) is 1. The molecule has 18 heavy (non-hydrogen) atoms. The van der Waals surface area contributed by atoms with E-state index in [-0.39, 0.29) is 6.10 Å². The highest BCUT2D eigenvalue weighted by atomic mass is 35.5. The van der Waals surface area contributed by atoms with Crippen LogP contribution >= 0.6 is 34.8 Å². The topological polar surface area (TPSA) is 30.5 Å². The molecule has 1 aliphatic heterocycles. The van der Waals surface area contributed by atoms with E-state index in [1.54, 1.807) is 12.1 Å². The molecule has 1 unspecified atom stereocenters. The van der Waals surface area contributed by atoms with Gasteiger partial charge in [-0.25, -0.2) is 0 Å². The van der Waals surface area contributed by atoms with Crippen LogP contribution in [-0.4, -0.2) is 32.5 Å². The highest BCUT2D eigenvalue weighted by molar-refractivity contribution is 6.44.